The van der Waals surface area contributed by atoms with Crippen LogP contribution in [0.2, 0.25) is 0 Å². The van der Waals surface area contributed by atoms with Crippen LogP contribution in [0, 0.1) is 0 Å². The summed E-state index contributed by atoms with van der Waals surface area (Å²) in [6.45, 7) is 1.46. The van der Waals surface area contributed by atoms with Crippen LogP contribution in [0.25, 0.3) is 10.8 Å². The molecule has 0 radical (unpaired) electrons. The molecular weight excluding hydrogens is 344 g/mol. The highest BCUT2D eigenvalue weighted by atomic mass is 16.5. The Morgan fingerprint density at radius 1 is 1.07 bits per heavy atom. The van der Waals surface area contributed by atoms with Crippen molar-refractivity contribution in [2.75, 3.05) is 0 Å². The summed E-state index contributed by atoms with van der Waals surface area (Å²) in [5.41, 5.74) is 0.838. The molecule has 142 valence electrons. The van der Waals surface area contributed by atoms with Crippen molar-refractivity contribution >= 4 is 28.7 Å². The van der Waals surface area contributed by atoms with Crippen LogP contribution in [0.1, 0.15) is 38.2 Å². The average Bonchev–Trinajstić information content (AvgIpc) is 3.14. The second kappa shape index (κ2) is 8.66. The molecule has 0 aromatic heterocycles. The molecule has 2 N–H and O–H groups in total. The number of urea groups is 1. The summed E-state index contributed by atoms with van der Waals surface area (Å²) in [6.07, 6.45) is 3.05. The van der Waals surface area contributed by atoms with E-state index in [0.717, 1.165) is 42.0 Å². The van der Waals surface area contributed by atoms with E-state index in [9.17, 15) is 14.4 Å². The van der Waals surface area contributed by atoms with Crippen molar-refractivity contribution < 1.29 is 19.1 Å². The summed E-state index contributed by atoms with van der Waals surface area (Å²) in [7, 11) is 0. The normalized spacial score (nSPS) is 15.3. The van der Waals surface area contributed by atoms with Gasteiger partial charge in [0.2, 0.25) is 0 Å². The third-order valence-corrected chi connectivity index (χ3v) is 4.82. The molecule has 0 aliphatic heterocycles. The van der Waals surface area contributed by atoms with Crippen LogP contribution in [-0.4, -0.2) is 30.1 Å². The molecule has 1 atom stereocenters. The number of carbonyl (C=O) groups excluding carboxylic acids is 3. The van der Waals surface area contributed by atoms with Gasteiger partial charge < -0.3 is 10.1 Å². The summed E-state index contributed by atoms with van der Waals surface area (Å²) < 4.78 is 5.20. The van der Waals surface area contributed by atoms with Crippen LogP contribution in [0.15, 0.2) is 42.5 Å². The molecule has 0 heterocycles. The first-order chi connectivity index (χ1) is 13.0. The standard InChI is InChI=1S/C21H24N2O4/c1-14(20(25)23-21(26)22-17-10-3-4-11-17)27-19(24)13-16-9-6-8-15-7-2-5-12-18(15)16/h2,5-9,12,14,17H,3-4,10-11,13H2,1H3,(H2,22,23,25,26)/t14-/m0/s1. The van der Waals surface area contributed by atoms with Crippen molar-refractivity contribution in [2.24, 2.45) is 0 Å². The Balaban J connectivity index is 1.52. The first-order valence-corrected chi connectivity index (χ1v) is 9.30. The molecule has 0 bridgehead atoms. The van der Waals surface area contributed by atoms with Crippen LogP contribution in [0.3, 0.4) is 0 Å². The number of esters is 1. The van der Waals surface area contributed by atoms with Crippen LogP contribution in [0.4, 0.5) is 4.79 Å². The summed E-state index contributed by atoms with van der Waals surface area (Å²) in [5.74, 6) is -1.14. The van der Waals surface area contributed by atoms with E-state index in [4.69, 9.17) is 4.74 Å². The van der Waals surface area contributed by atoms with E-state index in [1.165, 1.54) is 6.92 Å². The lowest BCUT2D eigenvalue weighted by atomic mass is 10.0. The summed E-state index contributed by atoms with van der Waals surface area (Å²) >= 11 is 0. The largest absolute Gasteiger partial charge is 0.452 e. The molecule has 3 rings (SSSR count). The fraction of sp³-hybridized carbons (Fsp3) is 0.381. The number of carbonyl (C=O) groups is 3. The lowest BCUT2D eigenvalue weighted by Crippen LogP contribution is -2.47. The van der Waals surface area contributed by atoms with Crippen LogP contribution in [-0.2, 0) is 20.7 Å². The predicted octanol–water partition coefficient (Wildman–Crippen LogP) is 3.08. The predicted molar refractivity (Wildman–Crippen MR) is 102 cm³/mol. The van der Waals surface area contributed by atoms with Gasteiger partial charge in [-0.05, 0) is 36.1 Å². The number of rotatable bonds is 5. The minimum Gasteiger partial charge on any atom is -0.452 e. The fourth-order valence-corrected chi connectivity index (χ4v) is 3.40. The average molecular weight is 368 g/mol. The van der Waals surface area contributed by atoms with Crippen molar-refractivity contribution in [2.45, 2.75) is 51.2 Å². The van der Waals surface area contributed by atoms with Gasteiger partial charge in [-0.1, -0.05) is 55.3 Å². The number of nitrogens with one attached hydrogen (secondary N) is 2. The van der Waals surface area contributed by atoms with E-state index in [2.05, 4.69) is 10.6 Å². The van der Waals surface area contributed by atoms with E-state index in [1.807, 2.05) is 42.5 Å². The van der Waals surface area contributed by atoms with Gasteiger partial charge in [0, 0.05) is 6.04 Å². The molecule has 1 aliphatic rings. The van der Waals surface area contributed by atoms with E-state index < -0.39 is 24.0 Å². The maximum Gasteiger partial charge on any atom is 0.321 e. The third kappa shape index (κ3) is 5.06. The van der Waals surface area contributed by atoms with Gasteiger partial charge in [0.05, 0.1) is 6.42 Å². The minimum atomic E-state index is -1.04. The lowest BCUT2D eigenvalue weighted by Gasteiger charge is -2.16. The lowest BCUT2D eigenvalue weighted by molar-refractivity contribution is -0.153. The molecule has 2 aromatic carbocycles. The number of fused-ring (bicyclic) bond motifs is 1. The fourth-order valence-electron chi connectivity index (χ4n) is 3.40. The molecule has 1 saturated carbocycles. The Bertz CT molecular complexity index is 838. The molecule has 1 aliphatic carbocycles. The van der Waals surface area contributed by atoms with Crippen LogP contribution < -0.4 is 10.6 Å². The molecule has 6 nitrogen and oxygen atoms in total. The maximum atomic E-state index is 12.2. The quantitative estimate of drug-likeness (QED) is 0.795. The van der Waals surface area contributed by atoms with E-state index in [-0.39, 0.29) is 12.5 Å². The van der Waals surface area contributed by atoms with Crippen molar-refractivity contribution in [3.05, 3.63) is 48.0 Å². The first-order valence-electron chi connectivity index (χ1n) is 9.30. The molecule has 1 fully saturated rings. The molecule has 3 amide bonds. The highest BCUT2D eigenvalue weighted by molar-refractivity contribution is 5.97. The number of hydrogen-bond donors (Lipinski definition) is 2. The number of amides is 3. The van der Waals surface area contributed by atoms with Gasteiger partial charge in [0.1, 0.15) is 0 Å². The van der Waals surface area contributed by atoms with Crippen LogP contribution >= 0.6 is 0 Å². The molecule has 2 aromatic rings. The molecular formula is C21H24N2O4. The Labute approximate surface area is 158 Å². The molecule has 0 spiro atoms. The van der Waals surface area contributed by atoms with Gasteiger partial charge in [0.25, 0.3) is 5.91 Å². The van der Waals surface area contributed by atoms with Gasteiger partial charge in [-0.25, -0.2) is 4.79 Å². The second-order valence-corrected chi connectivity index (χ2v) is 6.89. The molecule has 0 unspecified atom stereocenters. The summed E-state index contributed by atoms with van der Waals surface area (Å²) in [5, 5.41) is 7.02. The highest BCUT2D eigenvalue weighted by Crippen LogP contribution is 2.19. The van der Waals surface area contributed by atoms with E-state index >= 15 is 0 Å². The number of ether oxygens (including phenoxy) is 1. The van der Waals surface area contributed by atoms with Gasteiger partial charge in [-0.2, -0.15) is 0 Å². The SMILES string of the molecule is C[C@H](OC(=O)Cc1cccc2ccccc12)C(=O)NC(=O)NC1CCCC1. The van der Waals surface area contributed by atoms with Crippen molar-refractivity contribution in [1.29, 1.82) is 0 Å². The number of benzene rings is 2. The van der Waals surface area contributed by atoms with Crippen molar-refractivity contribution in [3.8, 4) is 0 Å². The van der Waals surface area contributed by atoms with E-state index in [1.54, 1.807) is 0 Å². The third-order valence-electron chi connectivity index (χ3n) is 4.82. The Kier molecular flexibility index (Phi) is 6.06. The molecule has 27 heavy (non-hydrogen) atoms. The van der Waals surface area contributed by atoms with Crippen molar-refractivity contribution in [1.82, 2.24) is 10.6 Å². The zero-order valence-electron chi connectivity index (χ0n) is 15.4. The van der Waals surface area contributed by atoms with Gasteiger partial charge in [0.15, 0.2) is 6.10 Å². The Hall–Kier alpha value is -2.89. The monoisotopic (exact) mass is 368 g/mol. The zero-order chi connectivity index (χ0) is 19.2. The number of imide groups is 1. The maximum absolute atomic E-state index is 12.2. The number of hydrogen-bond acceptors (Lipinski definition) is 4. The Morgan fingerprint density at radius 3 is 2.56 bits per heavy atom. The second-order valence-electron chi connectivity index (χ2n) is 6.89. The van der Waals surface area contributed by atoms with Crippen LogP contribution in [0.5, 0.6) is 0 Å². The van der Waals surface area contributed by atoms with Gasteiger partial charge in [-0.3, -0.25) is 14.9 Å². The van der Waals surface area contributed by atoms with Gasteiger partial charge >= 0.3 is 12.0 Å². The zero-order valence-corrected chi connectivity index (χ0v) is 15.4. The molecule has 6 heteroatoms. The van der Waals surface area contributed by atoms with Crippen molar-refractivity contribution in [3.63, 3.8) is 0 Å². The topological polar surface area (TPSA) is 84.5 Å². The Morgan fingerprint density at radius 2 is 1.78 bits per heavy atom. The molecule has 0 saturated heterocycles. The summed E-state index contributed by atoms with van der Waals surface area (Å²) in [6, 6.07) is 13.1. The smallest absolute Gasteiger partial charge is 0.321 e. The minimum absolute atomic E-state index is 0.0627. The summed E-state index contributed by atoms with van der Waals surface area (Å²) in [4.78, 5) is 36.2. The van der Waals surface area contributed by atoms with Gasteiger partial charge in [-0.15, -0.1) is 0 Å². The van der Waals surface area contributed by atoms with E-state index in [0.29, 0.717) is 0 Å². The highest BCUT2D eigenvalue weighted by Gasteiger charge is 2.22. The first kappa shape index (κ1) is 18.9.